The lowest BCUT2D eigenvalue weighted by atomic mass is 10.3. The lowest BCUT2D eigenvalue weighted by Gasteiger charge is -2.17. The molecule has 0 aliphatic rings. The third-order valence-corrected chi connectivity index (χ3v) is 2.98. The van der Waals surface area contributed by atoms with E-state index in [4.69, 9.17) is 0 Å². The minimum Gasteiger partial charge on any atom is -0.384 e. The zero-order valence-electron chi connectivity index (χ0n) is 11.3. The summed E-state index contributed by atoms with van der Waals surface area (Å²) in [5.41, 5.74) is 0.811. The van der Waals surface area contributed by atoms with Gasteiger partial charge in [-0.3, -0.25) is 4.90 Å². The minimum absolute atomic E-state index is 0.216. The van der Waals surface area contributed by atoms with Crippen LogP contribution < -0.4 is 5.32 Å². The molecule has 0 spiro atoms. The van der Waals surface area contributed by atoms with E-state index < -0.39 is 0 Å². The van der Waals surface area contributed by atoms with E-state index in [1.807, 2.05) is 30.9 Å². The summed E-state index contributed by atoms with van der Waals surface area (Å²) in [7, 11) is 4.03. The Morgan fingerprint density at radius 2 is 2.26 bits per heavy atom. The first kappa shape index (κ1) is 13.5. The molecule has 0 aliphatic carbocycles. The maximum absolute atomic E-state index is 13.0. The Balaban J connectivity index is 1.75. The molecule has 102 valence electrons. The summed E-state index contributed by atoms with van der Waals surface area (Å²) in [5, 5.41) is 3.20. The molecule has 1 aromatic carbocycles. The van der Waals surface area contributed by atoms with E-state index in [-0.39, 0.29) is 5.82 Å². The van der Waals surface area contributed by atoms with Crippen LogP contribution in [0.4, 0.5) is 10.1 Å². The molecule has 4 nitrogen and oxygen atoms in total. The number of halogens is 1. The first-order valence-corrected chi connectivity index (χ1v) is 6.29. The van der Waals surface area contributed by atoms with E-state index in [1.54, 1.807) is 12.3 Å². The molecule has 0 amide bonds. The molecule has 0 aliphatic heterocycles. The van der Waals surface area contributed by atoms with E-state index >= 15 is 0 Å². The summed E-state index contributed by atoms with van der Waals surface area (Å²) in [6.07, 6.45) is 3.74. The lowest BCUT2D eigenvalue weighted by molar-refractivity contribution is 0.327. The fraction of sp³-hybridized carbons (Fsp3) is 0.357. The quantitative estimate of drug-likeness (QED) is 0.865. The van der Waals surface area contributed by atoms with Crippen LogP contribution in [0.5, 0.6) is 0 Å². The number of aromatic nitrogens is 2. The highest BCUT2D eigenvalue weighted by molar-refractivity contribution is 5.42. The zero-order chi connectivity index (χ0) is 13.7. The number of aryl methyl sites for hydroxylation is 1. The van der Waals surface area contributed by atoms with Crippen LogP contribution in [0.15, 0.2) is 36.7 Å². The Morgan fingerprint density at radius 1 is 1.42 bits per heavy atom. The highest BCUT2D eigenvalue weighted by Crippen LogP contribution is 2.08. The molecule has 5 heteroatoms. The third kappa shape index (κ3) is 4.06. The Morgan fingerprint density at radius 3 is 2.95 bits per heavy atom. The van der Waals surface area contributed by atoms with Crippen molar-refractivity contribution in [3.63, 3.8) is 0 Å². The van der Waals surface area contributed by atoms with Crippen LogP contribution in [-0.2, 0) is 13.6 Å². The highest BCUT2D eigenvalue weighted by atomic mass is 19.1. The van der Waals surface area contributed by atoms with Crippen LogP contribution in [0, 0.1) is 5.82 Å². The molecular formula is C14H19FN4. The number of nitrogens with one attached hydrogen (secondary N) is 1. The van der Waals surface area contributed by atoms with Crippen LogP contribution in [-0.4, -0.2) is 34.6 Å². The van der Waals surface area contributed by atoms with Gasteiger partial charge in [0, 0.05) is 38.2 Å². The molecule has 0 bridgehead atoms. The van der Waals surface area contributed by atoms with Crippen molar-refractivity contribution in [2.24, 2.45) is 7.05 Å². The van der Waals surface area contributed by atoms with Gasteiger partial charge in [-0.15, -0.1) is 0 Å². The molecule has 0 atom stereocenters. The van der Waals surface area contributed by atoms with Crippen molar-refractivity contribution in [3.8, 4) is 0 Å². The Labute approximate surface area is 112 Å². The lowest BCUT2D eigenvalue weighted by Crippen LogP contribution is -2.26. The van der Waals surface area contributed by atoms with Crippen LogP contribution >= 0.6 is 0 Å². The first-order valence-electron chi connectivity index (χ1n) is 6.29. The van der Waals surface area contributed by atoms with Gasteiger partial charge >= 0.3 is 0 Å². The molecule has 0 fully saturated rings. The average Bonchev–Trinajstić information content (AvgIpc) is 2.75. The number of benzene rings is 1. The summed E-state index contributed by atoms with van der Waals surface area (Å²) < 4.78 is 15.0. The van der Waals surface area contributed by atoms with Crippen LogP contribution in [0.25, 0.3) is 0 Å². The second kappa shape index (κ2) is 6.33. The number of likely N-dealkylation sites (N-methyl/N-ethyl adjacent to an activating group) is 1. The van der Waals surface area contributed by atoms with Gasteiger partial charge < -0.3 is 9.88 Å². The van der Waals surface area contributed by atoms with Gasteiger partial charge in [-0.2, -0.15) is 0 Å². The number of anilines is 1. The number of nitrogens with zero attached hydrogens (tertiary/aromatic N) is 3. The number of hydrogen-bond donors (Lipinski definition) is 1. The van der Waals surface area contributed by atoms with E-state index in [0.717, 1.165) is 31.1 Å². The average molecular weight is 262 g/mol. The Kier molecular flexibility index (Phi) is 4.52. The van der Waals surface area contributed by atoms with Gasteiger partial charge in [0.15, 0.2) is 0 Å². The van der Waals surface area contributed by atoms with Crippen molar-refractivity contribution < 1.29 is 4.39 Å². The molecule has 0 radical (unpaired) electrons. The van der Waals surface area contributed by atoms with E-state index in [1.165, 1.54) is 12.1 Å². The summed E-state index contributed by atoms with van der Waals surface area (Å²) in [6.45, 7) is 2.43. The van der Waals surface area contributed by atoms with Gasteiger partial charge in [0.25, 0.3) is 0 Å². The Hall–Kier alpha value is -1.88. The fourth-order valence-corrected chi connectivity index (χ4v) is 1.86. The maximum Gasteiger partial charge on any atom is 0.125 e. The van der Waals surface area contributed by atoms with Crippen molar-refractivity contribution in [1.82, 2.24) is 14.5 Å². The van der Waals surface area contributed by atoms with Gasteiger partial charge in [-0.25, -0.2) is 9.37 Å². The number of imidazole rings is 1. The molecule has 2 aromatic rings. The van der Waals surface area contributed by atoms with Crippen molar-refractivity contribution in [3.05, 3.63) is 48.3 Å². The predicted molar refractivity (Wildman–Crippen MR) is 74.4 cm³/mol. The fourth-order valence-electron chi connectivity index (χ4n) is 1.86. The second-order valence-electron chi connectivity index (χ2n) is 4.63. The molecule has 19 heavy (non-hydrogen) atoms. The Bertz CT molecular complexity index is 524. The predicted octanol–water partition coefficient (Wildman–Crippen LogP) is 2.10. The summed E-state index contributed by atoms with van der Waals surface area (Å²) >= 11 is 0. The highest BCUT2D eigenvalue weighted by Gasteiger charge is 2.04. The number of rotatable bonds is 6. The summed E-state index contributed by atoms with van der Waals surface area (Å²) in [6, 6.07) is 6.51. The van der Waals surface area contributed by atoms with E-state index in [9.17, 15) is 4.39 Å². The van der Waals surface area contributed by atoms with Crippen LogP contribution in [0.3, 0.4) is 0 Å². The molecule has 1 aromatic heterocycles. The van der Waals surface area contributed by atoms with Crippen molar-refractivity contribution >= 4 is 5.69 Å². The molecule has 0 saturated carbocycles. The van der Waals surface area contributed by atoms with Gasteiger partial charge in [-0.1, -0.05) is 6.07 Å². The van der Waals surface area contributed by atoms with Crippen molar-refractivity contribution in [2.45, 2.75) is 6.54 Å². The van der Waals surface area contributed by atoms with Crippen LogP contribution in [0.2, 0.25) is 0 Å². The minimum atomic E-state index is -0.216. The maximum atomic E-state index is 13.0. The number of hydrogen-bond acceptors (Lipinski definition) is 3. The monoisotopic (exact) mass is 262 g/mol. The van der Waals surface area contributed by atoms with E-state index in [0.29, 0.717) is 0 Å². The van der Waals surface area contributed by atoms with Gasteiger partial charge in [0.1, 0.15) is 11.6 Å². The largest absolute Gasteiger partial charge is 0.384 e. The molecule has 1 N–H and O–H groups in total. The van der Waals surface area contributed by atoms with Gasteiger partial charge in [0.2, 0.25) is 0 Å². The van der Waals surface area contributed by atoms with Crippen molar-refractivity contribution in [1.29, 1.82) is 0 Å². The second-order valence-corrected chi connectivity index (χ2v) is 4.63. The zero-order valence-corrected chi connectivity index (χ0v) is 11.3. The van der Waals surface area contributed by atoms with Gasteiger partial charge in [0.05, 0.1) is 6.54 Å². The molecular weight excluding hydrogens is 243 g/mol. The summed E-state index contributed by atoms with van der Waals surface area (Å²) in [4.78, 5) is 6.46. The molecule has 2 rings (SSSR count). The van der Waals surface area contributed by atoms with E-state index in [2.05, 4.69) is 15.2 Å². The summed E-state index contributed by atoms with van der Waals surface area (Å²) in [5.74, 6) is 0.819. The topological polar surface area (TPSA) is 33.1 Å². The van der Waals surface area contributed by atoms with Crippen molar-refractivity contribution in [2.75, 3.05) is 25.5 Å². The molecule has 0 saturated heterocycles. The normalized spacial score (nSPS) is 10.9. The standard InChI is InChI=1S/C14H19FN4/c1-18(11-14-17-7-9-19(14)2)8-6-16-13-5-3-4-12(15)10-13/h3-5,7,9-10,16H,6,8,11H2,1-2H3. The molecule has 1 heterocycles. The third-order valence-electron chi connectivity index (χ3n) is 2.98. The SMILES string of the molecule is CN(CCNc1cccc(F)c1)Cc1nccn1C. The van der Waals surface area contributed by atoms with Crippen LogP contribution in [0.1, 0.15) is 5.82 Å². The van der Waals surface area contributed by atoms with Gasteiger partial charge in [-0.05, 0) is 25.2 Å². The molecule has 0 unspecified atom stereocenters. The smallest absolute Gasteiger partial charge is 0.125 e. The first-order chi connectivity index (χ1) is 9.15.